The van der Waals surface area contributed by atoms with Gasteiger partial charge in [0.1, 0.15) is 16.9 Å². The lowest BCUT2D eigenvalue weighted by atomic mass is 10.1. The maximum Gasteiger partial charge on any atom is 0.128 e. The molecule has 3 heterocycles. The predicted octanol–water partition coefficient (Wildman–Crippen LogP) is 2.36. The number of anilines is 1. The maximum absolute atomic E-state index is 4.61. The normalized spacial score (nSPS) is 19.2. The highest BCUT2D eigenvalue weighted by Gasteiger charge is 2.26. The molecular weight excluding hydrogens is 220 g/mol. The van der Waals surface area contributed by atoms with E-state index in [1.807, 2.05) is 11.6 Å². The molecular formula is C11H14N4S. The largest absolute Gasteiger partial charge is 0.370 e. The number of rotatable bonds is 1. The number of hydrogen-bond donors (Lipinski definition) is 1. The highest BCUT2D eigenvalue weighted by molar-refractivity contribution is 7.09. The molecule has 0 saturated carbocycles. The van der Waals surface area contributed by atoms with E-state index < -0.39 is 0 Å². The maximum atomic E-state index is 4.61. The molecule has 3 rings (SSSR count). The zero-order valence-corrected chi connectivity index (χ0v) is 10.2. The molecule has 1 aliphatic rings. The standard InChI is InChI=1S/C11H14N4S/c1-7-8(2)14-15-9(3-4-12-10(7)15)11-13-5-6-16-11/h5-6,9,12H,3-4H2,1-2H3. The van der Waals surface area contributed by atoms with Crippen LogP contribution in [-0.4, -0.2) is 21.3 Å². The van der Waals surface area contributed by atoms with Crippen LogP contribution in [0.4, 0.5) is 5.82 Å². The van der Waals surface area contributed by atoms with Crippen molar-refractivity contribution in [3.8, 4) is 0 Å². The molecule has 0 spiro atoms. The highest BCUT2D eigenvalue weighted by Crippen LogP contribution is 2.32. The van der Waals surface area contributed by atoms with Crippen LogP contribution in [0.15, 0.2) is 11.6 Å². The third-order valence-electron chi connectivity index (χ3n) is 3.13. The number of nitrogens with zero attached hydrogens (tertiary/aromatic N) is 3. The van der Waals surface area contributed by atoms with Gasteiger partial charge in [-0.3, -0.25) is 0 Å². The molecule has 0 fully saturated rings. The monoisotopic (exact) mass is 234 g/mol. The predicted molar refractivity (Wildman–Crippen MR) is 65.1 cm³/mol. The lowest BCUT2D eigenvalue weighted by molar-refractivity contribution is 0.477. The van der Waals surface area contributed by atoms with Crippen molar-refractivity contribution in [2.75, 3.05) is 11.9 Å². The second-order valence-corrected chi connectivity index (χ2v) is 5.03. The topological polar surface area (TPSA) is 42.7 Å². The van der Waals surface area contributed by atoms with Crippen LogP contribution in [0.2, 0.25) is 0 Å². The molecule has 2 aromatic heterocycles. The van der Waals surface area contributed by atoms with Gasteiger partial charge in [0.05, 0.1) is 5.69 Å². The van der Waals surface area contributed by atoms with Gasteiger partial charge in [-0.25, -0.2) is 9.67 Å². The second-order valence-electron chi connectivity index (χ2n) is 4.11. The highest BCUT2D eigenvalue weighted by atomic mass is 32.1. The Morgan fingerprint density at radius 3 is 3.12 bits per heavy atom. The minimum absolute atomic E-state index is 0.309. The number of fused-ring (bicyclic) bond motifs is 1. The van der Waals surface area contributed by atoms with Crippen LogP contribution in [-0.2, 0) is 0 Å². The summed E-state index contributed by atoms with van der Waals surface area (Å²) in [5, 5.41) is 11.2. The van der Waals surface area contributed by atoms with Gasteiger partial charge < -0.3 is 5.32 Å². The van der Waals surface area contributed by atoms with Gasteiger partial charge in [-0.1, -0.05) is 0 Å². The fraction of sp³-hybridized carbons (Fsp3) is 0.455. The summed E-state index contributed by atoms with van der Waals surface area (Å²) in [6, 6.07) is 0.309. The van der Waals surface area contributed by atoms with E-state index in [1.165, 1.54) is 5.56 Å². The van der Waals surface area contributed by atoms with Crippen molar-refractivity contribution < 1.29 is 0 Å². The van der Waals surface area contributed by atoms with E-state index >= 15 is 0 Å². The van der Waals surface area contributed by atoms with Crippen LogP contribution < -0.4 is 5.32 Å². The van der Waals surface area contributed by atoms with E-state index in [9.17, 15) is 0 Å². The number of aromatic nitrogens is 3. The van der Waals surface area contributed by atoms with Crippen molar-refractivity contribution in [3.05, 3.63) is 27.8 Å². The molecule has 16 heavy (non-hydrogen) atoms. The van der Waals surface area contributed by atoms with Gasteiger partial charge in [-0.15, -0.1) is 11.3 Å². The fourth-order valence-electron chi connectivity index (χ4n) is 2.15. The van der Waals surface area contributed by atoms with Crippen molar-refractivity contribution in [3.63, 3.8) is 0 Å². The minimum Gasteiger partial charge on any atom is -0.370 e. The Bertz CT molecular complexity index is 500. The molecule has 0 bridgehead atoms. The van der Waals surface area contributed by atoms with Crippen molar-refractivity contribution in [1.82, 2.24) is 14.8 Å². The molecule has 0 radical (unpaired) electrons. The summed E-state index contributed by atoms with van der Waals surface area (Å²) in [6.45, 7) is 5.17. The lowest BCUT2D eigenvalue weighted by Gasteiger charge is -2.24. The Hall–Kier alpha value is -1.36. The van der Waals surface area contributed by atoms with Gasteiger partial charge in [0, 0.05) is 23.7 Å². The van der Waals surface area contributed by atoms with Gasteiger partial charge in [0.2, 0.25) is 0 Å². The zero-order chi connectivity index (χ0) is 11.1. The summed E-state index contributed by atoms with van der Waals surface area (Å²) in [4.78, 5) is 4.41. The van der Waals surface area contributed by atoms with Gasteiger partial charge in [-0.2, -0.15) is 5.10 Å². The molecule has 4 nitrogen and oxygen atoms in total. The molecule has 1 N–H and O–H groups in total. The molecule has 1 aliphatic heterocycles. The fourth-order valence-corrected chi connectivity index (χ4v) is 2.90. The zero-order valence-electron chi connectivity index (χ0n) is 9.40. The molecule has 0 saturated heterocycles. The first kappa shape index (κ1) is 9.84. The third-order valence-corrected chi connectivity index (χ3v) is 4.00. The number of thiazole rings is 1. The van der Waals surface area contributed by atoms with Gasteiger partial charge in [0.15, 0.2) is 0 Å². The second kappa shape index (κ2) is 3.59. The van der Waals surface area contributed by atoms with Crippen LogP contribution in [0, 0.1) is 13.8 Å². The first-order valence-electron chi connectivity index (χ1n) is 5.46. The van der Waals surface area contributed by atoms with Crippen molar-refractivity contribution in [2.45, 2.75) is 26.3 Å². The number of hydrogen-bond acceptors (Lipinski definition) is 4. The molecule has 84 valence electrons. The Labute approximate surface area is 98.3 Å². The average Bonchev–Trinajstić information content (AvgIpc) is 2.89. The van der Waals surface area contributed by atoms with Gasteiger partial charge in [0.25, 0.3) is 0 Å². The quantitative estimate of drug-likeness (QED) is 0.823. The molecule has 0 aliphatic carbocycles. The van der Waals surface area contributed by atoms with Crippen molar-refractivity contribution >= 4 is 17.2 Å². The molecule has 5 heteroatoms. The Kier molecular flexibility index (Phi) is 2.21. The van der Waals surface area contributed by atoms with Crippen LogP contribution in [0.25, 0.3) is 0 Å². The van der Waals surface area contributed by atoms with Crippen LogP contribution in [0.3, 0.4) is 0 Å². The Morgan fingerprint density at radius 1 is 1.50 bits per heavy atom. The van der Waals surface area contributed by atoms with E-state index in [1.54, 1.807) is 11.3 Å². The molecule has 1 unspecified atom stereocenters. The van der Waals surface area contributed by atoms with Gasteiger partial charge >= 0.3 is 0 Å². The molecule has 0 aromatic carbocycles. The Balaban J connectivity index is 2.10. The van der Waals surface area contributed by atoms with Crippen LogP contribution in [0.5, 0.6) is 0 Å². The van der Waals surface area contributed by atoms with Crippen molar-refractivity contribution in [1.29, 1.82) is 0 Å². The first-order valence-corrected chi connectivity index (χ1v) is 6.34. The Morgan fingerprint density at radius 2 is 2.38 bits per heavy atom. The molecule has 2 aromatic rings. The van der Waals surface area contributed by atoms with E-state index in [4.69, 9.17) is 0 Å². The number of aryl methyl sites for hydroxylation is 1. The summed E-state index contributed by atoms with van der Waals surface area (Å²) in [7, 11) is 0. The van der Waals surface area contributed by atoms with Crippen LogP contribution in [0.1, 0.15) is 28.7 Å². The molecule has 0 amide bonds. The lowest BCUT2D eigenvalue weighted by Crippen LogP contribution is -2.24. The SMILES string of the molecule is Cc1nn2c(c1C)NCCC2c1nccs1. The van der Waals surface area contributed by atoms with E-state index in [0.717, 1.165) is 29.5 Å². The van der Waals surface area contributed by atoms with Crippen molar-refractivity contribution in [2.24, 2.45) is 0 Å². The summed E-state index contributed by atoms with van der Waals surface area (Å²) >= 11 is 1.71. The molecule has 1 atom stereocenters. The summed E-state index contributed by atoms with van der Waals surface area (Å²) in [5.41, 5.74) is 2.35. The average molecular weight is 234 g/mol. The first-order chi connectivity index (χ1) is 7.77. The summed E-state index contributed by atoms with van der Waals surface area (Å²) in [6.07, 6.45) is 2.92. The minimum atomic E-state index is 0.309. The third kappa shape index (κ3) is 1.35. The van der Waals surface area contributed by atoms with E-state index in [2.05, 4.69) is 33.9 Å². The summed E-state index contributed by atoms with van der Waals surface area (Å²) in [5.74, 6) is 1.16. The number of nitrogens with one attached hydrogen (secondary N) is 1. The van der Waals surface area contributed by atoms with E-state index in [0.29, 0.717) is 6.04 Å². The van der Waals surface area contributed by atoms with Crippen LogP contribution >= 0.6 is 11.3 Å². The van der Waals surface area contributed by atoms with E-state index in [-0.39, 0.29) is 0 Å². The smallest absolute Gasteiger partial charge is 0.128 e. The van der Waals surface area contributed by atoms with Gasteiger partial charge in [-0.05, 0) is 20.3 Å². The summed E-state index contributed by atoms with van der Waals surface area (Å²) < 4.78 is 2.09.